The number of hydrogen-bond donors (Lipinski definition) is 0. The first-order chi connectivity index (χ1) is 10.7. The summed E-state index contributed by atoms with van der Waals surface area (Å²) in [6.07, 6.45) is 0.763. The summed E-state index contributed by atoms with van der Waals surface area (Å²) in [7, 11) is 0. The molecule has 2 heterocycles. The highest BCUT2D eigenvalue weighted by Crippen LogP contribution is 2.25. The van der Waals surface area contributed by atoms with Gasteiger partial charge in [-0.05, 0) is 12.1 Å². The fraction of sp³-hybridized carbons (Fsp3) is 0.267. The van der Waals surface area contributed by atoms with E-state index in [9.17, 15) is 4.79 Å². The summed E-state index contributed by atoms with van der Waals surface area (Å²) in [6.45, 7) is 2.68. The van der Waals surface area contributed by atoms with Crippen molar-refractivity contribution in [1.82, 2.24) is 9.97 Å². The molecule has 0 radical (unpaired) electrons. The highest BCUT2D eigenvalue weighted by Gasteiger charge is 2.16. The summed E-state index contributed by atoms with van der Waals surface area (Å²) >= 11 is 6.05. The van der Waals surface area contributed by atoms with Crippen LogP contribution in [0, 0.1) is 0 Å². The summed E-state index contributed by atoms with van der Waals surface area (Å²) in [5.41, 5.74) is 0.533. The lowest BCUT2D eigenvalue weighted by Crippen LogP contribution is -2.37. The Balaban J connectivity index is 1.83. The minimum Gasteiger partial charge on any atom is -0.439 e. The topological polar surface area (TPSA) is 64.5 Å². The van der Waals surface area contributed by atoms with Crippen molar-refractivity contribution in [2.45, 2.75) is 0 Å². The Hall–Kier alpha value is -2.18. The van der Waals surface area contributed by atoms with Gasteiger partial charge in [0.2, 0.25) is 11.8 Å². The molecule has 22 heavy (non-hydrogen) atoms. The first-order valence-corrected chi connectivity index (χ1v) is 7.23. The van der Waals surface area contributed by atoms with Crippen molar-refractivity contribution in [2.24, 2.45) is 0 Å². The average Bonchev–Trinajstić information content (AvgIpc) is 2.55. The maximum absolute atomic E-state index is 10.8. The van der Waals surface area contributed by atoms with Gasteiger partial charge in [0, 0.05) is 24.7 Å². The van der Waals surface area contributed by atoms with E-state index in [0.29, 0.717) is 54.6 Å². The summed E-state index contributed by atoms with van der Waals surface area (Å²) < 4.78 is 11.0. The van der Waals surface area contributed by atoms with Crippen LogP contribution in [0.1, 0.15) is 10.4 Å². The van der Waals surface area contributed by atoms with Crippen LogP contribution in [0.4, 0.5) is 5.95 Å². The zero-order chi connectivity index (χ0) is 15.4. The minimum atomic E-state index is 0.304. The molecular formula is C15H14ClN3O3. The van der Waals surface area contributed by atoms with Crippen LogP contribution in [0.15, 0.2) is 30.3 Å². The molecule has 2 aromatic rings. The number of anilines is 1. The second-order valence-electron chi connectivity index (χ2n) is 4.72. The number of halogens is 1. The number of hydrogen-bond acceptors (Lipinski definition) is 6. The van der Waals surface area contributed by atoms with Crippen LogP contribution in [0.3, 0.4) is 0 Å². The number of carbonyl (C=O) groups excluding carboxylic acids is 1. The van der Waals surface area contributed by atoms with E-state index in [2.05, 4.69) is 9.97 Å². The normalized spacial score (nSPS) is 14.7. The molecule has 1 aliphatic rings. The van der Waals surface area contributed by atoms with Gasteiger partial charge in [0.25, 0.3) is 0 Å². The van der Waals surface area contributed by atoms with Gasteiger partial charge in [0.05, 0.1) is 13.2 Å². The number of ether oxygens (including phenoxy) is 2. The van der Waals surface area contributed by atoms with Crippen molar-refractivity contribution in [3.63, 3.8) is 0 Å². The zero-order valence-electron chi connectivity index (χ0n) is 11.7. The molecule has 1 saturated heterocycles. The molecule has 0 amide bonds. The molecule has 0 bridgehead atoms. The number of nitrogens with zero attached hydrogens (tertiary/aromatic N) is 3. The highest BCUT2D eigenvalue weighted by molar-refractivity contribution is 6.29. The molecule has 0 saturated carbocycles. The monoisotopic (exact) mass is 319 g/mol. The molecule has 0 spiro atoms. The molecule has 1 aliphatic heterocycles. The molecule has 7 heteroatoms. The molecule has 1 fully saturated rings. The minimum absolute atomic E-state index is 0.304. The van der Waals surface area contributed by atoms with Crippen LogP contribution in [-0.4, -0.2) is 42.6 Å². The largest absolute Gasteiger partial charge is 0.439 e. The molecule has 1 aromatic heterocycles. The molecule has 114 valence electrons. The molecular weight excluding hydrogens is 306 g/mol. The molecule has 0 atom stereocenters. The van der Waals surface area contributed by atoms with Gasteiger partial charge in [0.1, 0.15) is 17.2 Å². The first kappa shape index (κ1) is 14.7. The second-order valence-corrected chi connectivity index (χ2v) is 5.11. The Morgan fingerprint density at radius 2 is 2.05 bits per heavy atom. The number of rotatable bonds is 4. The third-order valence-electron chi connectivity index (χ3n) is 3.17. The first-order valence-electron chi connectivity index (χ1n) is 6.85. The lowest BCUT2D eigenvalue weighted by Gasteiger charge is -2.26. The van der Waals surface area contributed by atoms with Gasteiger partial charge in [-0.25, -0.2) is 4.98 Å². The summed E-state index contributed by atoms with van der Waals surface area (Å²) in [4.78, 5) is 21.4. The fourth-order valence-corrected chi connectivity index (χ4v) is 2.28. The Morgan fingerprint density at radius 1 is 1.23 bits per heavy atom. The fourth-order valence-electron chi connectivity index (χ4n) is 2.11. The van der Waals surface area contributed by atoms with Crippen LogP contribution in [0.25, 0.3) is 0 Å². The van der Waals surface area contributed by atoms with Gasteiger partial charge in [-0.2, -0.15) is 4.98 Å². The predicted octanol–water partition coefficient (Wildman–Crippen LogP) is 2.57. The standard InChI is InChI=1S/C15H14ClN3O3/c16-13-9-14(22-12-3-1-2-11(8-12)10-20)18-15(17-13)19-4-6-21-7-5-19/h1-3,8-10H,4-7H2. The van der Waals surface area contributed by atoms with Gasteiger partial charge in [-0.3, -0.25) is 4.79 Å². The summed E-state index contributed by atoms with van der Waals surface area (Å²) in [5.74, 6) is 1.37. The van der Waals surface area contributed by atoms with E-state index < -0.39 is 0 Å². The molecule has 0 aliphatic carbocycles. The van der Waals surface area contributed by atoms with Gasteiger partial charge >= 0.3 is 0 Å². The van der Waals surface area contributed by atoms with Crippen LogP contribution in [-0.2, 0) is 4.74 Å². The zero-order valence-corrected chi connectivity index (χ0v) is 12.5. The number of carbonyl (C=O) groups is 1. The molecule has 0 unspecified atom stereocenters. The van der Waals surface area contributed by atoms with Crippen molar-refractivity contribution in [3.05, 3.63) is 41.0 Å². The smallest absolute Gasteiger partial charge is 0.230 e. The lowest BCUT2D eigenvalue weighted by atomic mass is 10.2. The third kappa shape index (κ3) is 3.52. The van der Waals surface area contributed by atoms with Gasteiger partial charge in [-0.15, -0.1) is 0 Å². The van der Waals surface area contributed by atoms with Gasteiger partial charge in [-0.1, -0.05) is 23.7 Å². The van der Waals surface area contributed by atoms with E-state index in [-0.39, 0.29) is 0 Å². The Kier molecular flexibility index (Phi) is 4.50. The molecule has 6 nitrogen and oxygen atoms in total. The van der Waals surface area contributed by atoms with Crippen molar-refractivity contribution in [1.29, 1.82) is 0 Å². The van der Waals surface area contributed by atoms with E-state index in [1.807, 2.05) is 4.90 Å². The van der Waals surface area contributed by atoms with Crippen LogP contribution in [0.2, 0.25) is 5.15 Å². The van der Waals surface area contributed by atoms with Crippen molar-refractivity contribution in [2.75, 3.05) is 31.2 Å². The van der Waals surface area contributed by atoms with Crippen LogP contribution >= 0.6 is 11.6 Å². The van der Waals surface area contributed by atoms with E-state index in [1.165, 1.54) is 0 Å². The number of aldehydes is 1. The summed E-state index contributed by atoms with van der Waals surface area (Å²) in [6, 6.07) is 8.37. The van der Waals surface area contributed by atoms with Crippen molar-refractivity contribution in [3.8, 4) is 11.6 Å². The number of benzene rings is 1. The van der Waals surface area contributed by atoms with E-state index in [0.717, 1.165) is 6.29 Å². The average molecular weight is 320 g/mol. The van der Waals surface area contributed by atoms with E-state index >= 15 is 0 Å². The van der Waals surface area contributed by atoms with Gasteiger partial charge < -0.3 is 14.4 Å². The van der Waals surface area contributed by atoms with Crippen LogP contribution < -0.4 is 9.64 Å². The highest BCUT2D eigenvalue weighted by atomic mass is 35.5. The van der Waals surface area contributed by atoms with Gasteiger partial charge in [0.15, 0.2) is 0 Å². The third-order valence-corrected chi connectivity index (χ3v) is 3.36. The SMILES string of the molecule is O=Cc1cccc(Oc2cc(Cl)nc(N3CCOCC3)n2)c1. The maximum Gasteiger partial charge on any atom is 0.230 e. The second kappa shape index (κ2) is 6.72. The van der Waals surface area contributed by atoms with Crippen molar-refractivity contribution >= 4 is 23.8 Å². The Labute approximate surface area is 132 Å². The summed E-state index contributed by atoms with van der Waals surface area (Å²) in [5, 5.41) is 0.304. The predicted molar refractivity (Wildman–Crippen MR) is 82.0 cm³/mol. The Morgan fingerprint density at radius 3 is 2.82 bits per heavy atom. The van der Waals surface area contributed by atoms with E-state index in [4.69, 9.17) is 21.1 Å². The molecule has 3 rings (SSSR count). The van der Waals surface area contributed by atoms with E-state index in [1.54, 1.807) is 30.3 Å². The lowest BCUT2D eigenvalue weighted by molar-refractivity contribution is 0.112. The molecule has 0 N–H and O–H groups in total. The Bertz CT molecular complexity index is 675. The molecule has 1 aromatic carbocycles. The quantitative estimate of drug-likeness (QED) is 0.637. The number of morpholine rings is 1. The maximum atomic E-state index is 10.8. The van der Waals surface area contributed by atoms with Crippen molar-refractivity contribution < 1.29 is 14.3 Å². The number of aromatic nitrogens is 2. The van der Waals surface area contributed by atoms with Crippen LogP contribution in [0.5, 0.6) is 11.6 Å².